The first-order chi connectivity index (χ1) is 9.24. The average Bonchev–Trinajstić information content (AvgIpc) is 2.47. The standard InChI is InChI=1S/C15H23FN2O/c1-19-12-7-8-13(16)14(9-12)18-15(10-17)11-5-3-2-4-6-11/h7-9,11,15,18H,2-6,10,17H2,1H3. The van der Waals surface area contributed by atoms with Crippen molar-refractivity contribution in [2.24, 2.45) is 11.7 Å². The van der Waals surface area contributed by atoms with E-state index in [1.54, 1.807) is 19.2 Å². The normalized spacial score (nSPS) is 18.1. The van der Waals surface area contributed by atoms with Crippen LogP contribution in [-0.2, 0) is 0 Å². The molecule has 1 fully saturated rings. The number of nitrogens with one attached hydrogen (secondary N) is 1. The molecule has 4 heteroatoms. The van der Waals surface area contributed by atoms with E-state index in [2.05, 4.69) is 5.32 Å². The van der Waals surface area contributed by atoms with E-state index in [1.165, 1.54) is 38.2 Å². The molecule has 0 aliphatic heterocycles. The first kappa shape index (κ1) is 14.1. The SMILES string of the molecule is COc1ccc(F)c(NC(CN)C2CCCCC2)c1. The van der Waals surface area contributed by atoms with Gasteiger partial charge in [-0.25, -0.2) is 4.39 Å². The molecule has 0 bridgehead atoms. The third kappa shape index (κ3) is 3.60. The summed E-state index contributed by atoms with van der Waals surface area (Å²) in [6, 6.07) is 4.89. The summed E-state index contributed by atoms with van der Waals surface area (Å²) in [6.07, 6.45) is 6.18. The van der Waals surface area contributed by atoms with Crippen molar-refractivity contribution in [3.05, 3.63) is 24.0 Å². The van der Waals surface area contributed by atoms with Gasteiger partial charge < -0.3 is 15.8 Å². The molecule has 19 heavy (non-hydrogen) atoms. The maximum absolute atomic E-state index is 13.8. The second kappa shape index (κ2) is 6.75. The Labute approximate surface area is 114 Å². The predicted molar refractivity (Wildman–Crippen MR) is 76.0 cm³/mol. The highest BCUT2D eigenvalue weighted by Gasteiger charge is 2.23. The number of hydrogen-bond acceptors (Lipinski definition) is 3. The lowest BCUT2D eigenvalue weighted by Crippen LogP contribution is -2.37. The summed E-state index contributed by atoms with van der Waals surface area (Å²) in [5.41, 5.74) is 6.34. The van der Waals surface area contributed by atoms with Crippen LogP contribution in [0.3, 0.4) is 0 Å². The van der Waals surface area contributed by atoms with Crippen molar-refractivity contribution in [1.29, 1.82) is 0 Å². The minimum atomic E-state index is -0.255. The molecule has 1 aromatic carbocycles. The van der Waals surface area contributed by atoms with Gasteiger partial charge in [-0.1, -0.05) is 19.3 Å². The van der Waals surface area contributed by atoms with Crippen LogP contribution in [0.25, 0.3) is 0 Å². The van der Waals surface area contributed by atoms with Crippen LogP contribution in [0.2, 0.25) is 0 Å². The minimum Gasteiger partial charge on any atom is -0.497 e. The summed E-state index contributed by atoms with van der Waals surface area (Å²) in [7, 11) is 1.58. The monoisotopic (exact) mass is 266 g/mol. The van der Waals surface area contributed by atoms with Gasteiger partial charge in [0.1, 0.15) is 11.6 Å². The molecule has 106 valence electrons. The number of anilines is 1. The summed E-state index contributed by atoms with van der Waals surface area (Å²) in [5.74, 6) is 0.947. The van der Waals surface area contributed by atoms with Crippen LogP contribution in [0.15, 0.2) is 18.2 Å². The Kier molecular flexibility index (Phi) is 5.02. The van der Waals surface area contributed by atoms with E-state index in [9.17, 15) is 4.39 Å². The van der Waals surface area contributed by atoms with Crippen molar-refractivity contribution < 1.29 is 9.13 Å². The Morgan fingerprint density at radius 3 is 2.74 bits per heavy atom. The second-order valence-electron chi connectivity index (χ2n) is 5.23. The topological polar surface area (TPSA) is 47.3 Å². The van der Waals surface area contributed by atoms with Crippen molar-refractivity contribution in [3.8, 4) is 5.75 Å². The number of hydrogen-bond donors (Lipinski definition) is 2. The Bertz CT molecular complexity index is 405. The molecule has 1 unspecified atom stereocenters. The largest absolute Gasteiger partial charge is 0.497 e. The van der Waals surface area contributed by atoms with Crippen LogP contribution in [0.4, 0.5) is 10.1 Å². The summed E-state index contributed by atoms with van der Waals surface area (Å²) >= 11 is 0. The van der Waals surface area contributed by atoms with Crippen LogP contribution in [0.1, 0.15) is 32.1 Å². The maximum Gasteiger partial charge on any atom is 0.146 e. The molecule has 0 spiro atoms. The van der Waals surface area contributed by atoms with Crippen LogP contribution in [0.5, 0.6) is 5.75 Å². The van der Waals surface area contributed by atoms with Crippen LogP contribution in [0, 0.1) is 11.7 Å². The van der Waals surface area contributed by atoms with Crippen molar-refractivity contribution >= 4 is 5.69 Å². The molecule has 0 saturated heterocycles. The highest BCUT2D eigenvalue weighted by Crippen LogP contribution is 2.29. The zero-order chi connectivity index (χ0) is 13.7. The average molecular weight is 266 g/mol. The first-order valence-electron chi connectivity index (χ1n) is 7.04. The van der Waals surface area contributed by atoms with E-state index < -0.39 is 0 Å². The van der Waals surface area contributed by atoms with E-state index in [-0.39, 0.29) is 11.9 Å². The maximum atomic E-state index is 13.8. The molecular weight excluding hydrogens is 243 g/mol. The van der Waals surface area contributed by atoms with Gasteiger partial charge in [0.15, 0.2) is 0 Å². The molecule has 3 N–H and O–H groups in total. The fourth-order valence-electron chi connectivity index (χ4n) is 2.85. The quantitative estimate of drug-likeness (QED) is 0.860. The van der Waals surface area contributed by atoms with Gasteiger partial charge in [0, 0.05) is 18.7 Å². The van der Waals surface area contributed by atoms with Gasteiger partial charge in [0.05, 0.1) is 12.8 Å². The van der Waals surface area contributed by atoms with E-state index in [0.717, 1.165) is 0 Å². The zero-order valence-electron chi connectivity index (χ0n) is 11.5. The molecule has 0 amide bonds. The van der Waals surface area contributed by atoms with Crippen LogP contribution in [-0.4, -0.2) is 19.7 Å². The molecular formula is C15H23FN2O. The molecule has 2 rings (SSSR count). The lowest BCUT2D eigenvalue weighted by Gasteiger charge is -2.31. The zero-order valence-corrected chi connectivity index (χ0v) is 11.5. The van der Waals surface area contributed by atoms with Gasteiger partial charge in [-0.05, 0) is 30.9 Å². The van der Waals surface area contributed by atoms with Crippen molar-refractivity contribution in [1.82, 2.24) is 0 Å². The summed E-state index contributed by atoms with van der Waals surface area (Å²) in [5, 5.41) is 3.26. The molecule has 1 aliphatic rings. The molecule has 0 radical (unpaired) electrons. The molecule has 1 saturated carbocycles. The van der Waals surface area contributed by atoms with Crippen molar-refractivity contribution in [3.63, 3.8) is 0 Å². The molecule has 1 atom stereocenters. The van der Waals surface area contributed by atoms with E-state index in [1.807, 2.05) is 0 Å². The van der Waals surface area contributed by atoms with Crippen molar-refractivity contribution in [2.45, 2.75) is 38.1 Å². The predicted octanol–water partition coefficient (Wildman–Crippen LogP) is 3.15. The molecule has 0 heterocycles. The summed E-state index contributed by atoms with van der Waals surface area (Å²) < 4.78 is 18.9. The second-order valence-corrected chi connectivity index (χ2v) is 5.23. The molecule has 1 aromatic rings. The van der Waals surface area contributed by atoms with Gasteiger partial charge in [-0.3, -0.25) is 0 Å². The molecule has 3 nitrogen and oxygen atoms in total. The lowest BCUT2D eigenvalue weighted by atomic mass is 9.84. The number of ether oxygens (including phenoxy) is 1. The fraction of sp³-hybridized carbons (Fsp3) is 0.600. The van der Waals surface area contributed by atoms with Crippen molar-refractivity contribution in [2.75, 3.05) is 19.0 Å². The fourth-order valence-corrected chi connectivity index (χ4v) is 2.85. The minimum absolute atomic E-state index is 0.141. The number of nitrogens with two attached hydrogens (primary N) is 1. The Morgan fingerprint density at radius 1 is 1.37 bits per heavy atom. The third-order valence-corrected chi connectivity index (χ3v) is 3.99. The van der Waals surface area contributed by atoms with Crippen LogP contribution < -0.4 is 15.8 Å². The van der Waals surface area contributed by atoms with E-state index >= 15 is 0 Å². The number of halogens is 1. The van der Waals surface area contributed by atoms with Crippen LogP contribution >= 0.6 is 0 Å². The highest BCUT2D eigenvalue weighted by molar-refractivity contribution is 5.50. The highest BCUT2D eigenvalue weighted by atomic mass is 19.1. The van der Waals surface area contributed by atoms with Gasteiger partial charge in [-0.2, -0.15) is 0 Å². The summed E-state index contributed by atoms with van der Waals surface area (Å²) in [6.45, 7) is 0.529. The third-order valence-electron chi connectivity index (χ3n) is 3.99. The first-order valence-corrected chi connectivity index (χ1v) is 7.04. The summed E-state index contributed by atoms with van der Waals surface area (Å²) in [4.78, 5) is 0. The Morgan fingerprint density at radius 2 is 2.11 bits per heavy atom. The van der Waals surface area contributed by atoms with Gasteiger partial charge >= 0.3 is 0 Å². The van der Waals surface area contributed by atoms with Gasteiger partial charge in [0.25, 0.3) is 0 Å². The van der Waals surface area contributed by atoms with E-state index in [4.69, 9.17) is 10.5 Å². The number of rotatable bonds is 5. The Balaban J connectivity index is 2.08. The number of methoxy groups -OCH3 is 1. The Hall–Kier alpha value is -1.29. The number of benzene rings is 1. The van der Waals surface area contributed by atoms with E-state index in [0.29, 0.717) is 23.9 Å². The van der Waals surface area contributed by atoms with Gasteiger partial charge in [-0.15, -0.1) is 0 Å². The molecule has 1 aliphatic carbocycles. The molecule has 0 aromatic heterocycles. The lowest BCUT2D eigenvalue weighted by molar-refractivity contribution is 0.320. The van der Waals surface area contributed by atoms with Gasteiger partial charge in [0.2, 0.25) is 0 Å². The smallest absolute Gasteiger partial charge is 0.146 e.